The maximum absolute atomic E-state index is 11.8. The van der Waals surface area contributed by atoms with Crippen LogP contribution in [0.25, 0.3) is 11.1 Å². The summed E-state index contributed by atoms with van der Waals surface area (Å²) in [6, 6.07) is 24.1. The highest BCUT2D eigenvalue weighted by atomic mass is 16.7. The zero-order valence-corrected chi connectivity index (χ0v) is 23.0. The van der Waals surface area contributed by atoms with Crippen LogP contribution in [0.15, 0.2) is 98.1 Å². The van der Waals surface area contributed by atoms with Gasteiger partial charge in [-0.2, -0.15) is 0 Å². The smallest absolute Gasteiger partial charge is 0.407 e. The second kappa shape index (κ2) is 14.6. The lowest BCUT2D eigenvalue weighted by atomic mass is 9.98. The average Bonchev–Trinajstić information content (AvgIpc) is 2.99. The first kappa shape index (κ1) is 29.2. The molecule has 3 aromatic rings. The number of alkyl carbamates (subject to hydrolysis) is 1. The molecule has 1 aliphatic heterocycles. The highest BCUT2D eigenvalue weighted by Gasteiger charge is 2.32. The van der Waals surface area contributed by atoms with Crippen LogP contribution in [0.1, 0.15) is 41.1 Å². The third-order valence-corrected chi connectivity index (χ3v) is 6.76. The third-order valence-electron chi connectivity index (χ3n) is 6.76. The van der Waals surface area contributed by atoms with Crippen molar-refractivity contribution in [1.29, 1.82) is 0 Å². The number of rotatable bonds is 12. The van der Waals surface area contributed by atoms with Gasteiger partial charge in [-0.05, 0) is 47.0 Å². The molecule has 0 spiro atoms. The molecule has 0 radical (unpaired) electrons. The van der Waals surface area contributed by atoms with E-state index < -0.39 is 12.4 Å². The minimum absolute atomic E-state index is 0.00989. The summed E-state index contributed by atoms with van der Waals surface area (Å²) < 4.78 is 18.0. The van der Waals surface area contributed by atoms with Gasteiger partial charge in [-0.3, -0.25) is 0 Å². The topological polar surface area (TPSA) is 80.3 Å². The number of amides is 1. The van der Waals surface area contributed by atoms with E-state index in [0.29, 0.717) is 6.54 Å². The summed E-state index contributed by atoms with van der Waals surface area (Å²) in [5.41, 5.74) is 5.87. The molecule has 1 heterocycles. The van der Waals surface area contributed by atoms with E-state index in [0.717, 1.165) is 52.9 Å². The van der Waals surface area contributed by atoms with E-state index in [1.807, 2.05) is 66.7 Å². The first-order valence-corrected chi connectivity index (χ1v) is 13.5. The second-order valence-electron chi connectivity index (χ2n) is 9.93. The van der Waals surface area contributed by atoms with E-state index >= 15 is 0 Å². The van der Waals surface area contributed by atoms with Crippen LogP contribution in [0, 0.1) is 0 Å². The molecular weight excluding hydrogens is 504 g/mol. The Labute approximate surface area is 236 Å². The molecule has 7 heteroatoms. The fraction of sp³-hybridized carbons (Fsp3) is 0.303. The van der Waals surface area contributed by atoms with Gasteiger partial charge in [-0.15, -0.1) is 6.58 Å². The molecule has 40 heavy (non-hydrogen) atoms. The number of carbonyl (C=O) groups excluding carboxylic acids is 1. The van der Waals surface area contributed by atoms with Crippen molar-refractivity contribution in [3.63, 3.8) is 0 Å². The van der Waals surface area contributed by atoms with Gasteiger partial charge in [-0.1, -0.05) is 79.4 Å². The summed E-state index contributed by atoms with van der Waals surface area (Å²) in [6.07, 6.45) is 2.94. The van der Waals surface area contributed by atoms with Crippen molar-refractivity contribution in [3.05, 3.63) is 120 Å². The average molecular weight is 543 g/mol. The lowest BCUT2D eigenvalue weighted by molar-refractivity contribution is -0.252. The van der Waals surface area contributed by atoms with E-state index in [4.69, 9.17) is 14.2 Å². The zero-order chi connectivity index (χ0) is 28.3. The van der Waals surface area contributed by atoms with Gasteiger partial charge in [0.05, 0.1) is 18.8 Å². The summed E-state index contributed by atoms with van der Waals surface area (Å²) >= 11 is 0. The Hall–Kier alpha value is -3.75. The van der Waals surface area contributed by atoms with Crippen molar-refractivity contribution >= 4 is 6.09 Å². The lowest BCUT2D eigenvalue weighted by Gasteiger charge is -2.37. The molecule has 3 aromatic carbocycles. The van der Waals surface area contributed by atoms with Crippen molar-refractivity contribution in [3.8, 4) is 11.1 Å². The monoisotopic (exact) mass is 542 g/mol. The van der Waals surface area contributed by atoms with Crippen LogP contribution in [0.3, 0.4) is 0 Å². The fourth-order valence-electron chi connectivity index (χ4n) is 4.76. The minimum atomic E-state index is -0.539. The number of aliphatic hydroxyl groups excluding tert-OH is 1. The van der Waals surface area contributed by atoms with Gasteiger partial charge in [0.15, 0.2) is 6.29 Å². The maximum atomic E-state index is 11.8. The van der Waals surface area contributed by atoms with Crippen molar-refractivity contribution in [1.82, 2.24) is 10.2 Å². The van der Waals surface area contributed by atoms with Crippen molar-refractivity contribution < 1.29 is 24.1 Å². The predicted octanol–water partition coefficient (Wildman–Crippen LogP) is 5.92. The molecule has 7 nitrogen and oxygen atoms in total. The van der Waals surface area contributed by atoms with Crippen LogP contribution >= 0.6 is 0 Å². The van der Waals surface area contributed by atoms with Crippen LogP contribution in [0.5, 0.6) is 0 Å². The number of likely N-dealkylation sites (N-methyl/N-ethyl adjacent to an activating group) is 1. The zero-order valence-electron chi connectivity index (χ0n) is 23.0. The lowest BCUT2D eigenvalue weighted by Crippen LogP contribution is -2.37. The Morgan fingerprint density at radius 3 is 2.48 bits per heavy atom. The molecule has 0 bridgehead atoms. The second-order valence-corrected chi connectivity index (χ2v) is 9.93. The summed E-state index contributed by atoms with van der Waals surface area (Å²) in [7, 11) is 2.06. The molecule has 2 N–H and O–H groups in total. The molecule has 3 atom stereocenters. The quantitative estimate of drug-likeness (QED) is 0.277. The molecule has 1 fully saturated rings. The molecular formula is C33H38N2O5. The number of carbonyl (C=O) groups is 1. The van der Waals surface area contributed by atoms with Gasteiger partial charge < -0.3 is 29.5 Å². The molecule has 1 aliphatic rings. The van der Waals surface area contributed by atoms with Gasteiger partial charge >= 0.3 is 6.09 Å². The Kier molecular flexibility index (Phi) is 10.7. The van der Waals surface area contributed by atoms with Crippen molar-refractivity contribution in [2.75, 3.05) is 26.7 Å². The summed E-state index contributed by atoms with van der Waals surface area (Å²) in [4.78, 5) is 14.0. The van der Waals surface area contributed by atoms with Crippen LogP contribution in [-0.2, 0) is 27.4 Å². The molecule has 0 aliphatic carbocycles. The van der Waals surface area contributed by atoms with E-state index in [1.54, 1.807) is 0 Å². The largest absolute Gasteiger partial charge is 0.445 e. The number of nitrogens with zero attached hydrogens (tertiary/aromatic N) is 1. The SMILES string of the molecule is C=CCOC(=O)NCc1cccc(-c2cccc([C@@H]3O[C@H](CN(C)CC=C)C[C@H](c4ccc(CO)cc4)O3)c2)c1. The highest BCUT2D eigenvalue weighted by molar-refractivity contribution is 5.68. The first-order chi connectivity index (χ1) is 19.5. The summed E-state index contributed by atoms with van der Waals surface area (Å²) in [5.74, 6) is 0. The summed E-state index contributed by atoms with van der Waals surface area (Å²) in [6.45, 7) is 9.46. The van der Waals surface area contributed by atoms with Gasteiger partial charge in [0.2, 0.25) is 0 Å². The van der Waals surface area contributed by atoms with Gasteiger partial charge in [0, 0.05) is 31.6 Å². The standard InChI is InChI=1S/C33H38N2O5/c1-4-16-35(3)22-30-20-31(26-14-12-24(23-36)13-15-26)40-32(39-30)29-11-7-10-28(19-29)27-9-6-8-25(18-27)21-34-33(37)38-17-5-2/h4-15,18-19,30-32,36H,1-2,16-17,20-23H2,3H3,(H,34,37)/t30-,31+,32+/m0/s1. The molecule has 210 valence electrons. The van der Waals surface area contributed by atoms with Crippen LogP contribution < -0.4 is 5.32 Å². The van der Waals surface area contributed by atoms with E-state index in [2.05, 4.69) is 42.6 Å². The van der Waals surface area contributed by atoms with Crippen LogP contribution in [0.2, 0.25) is 0 Å². The van der Waals surface area contributed by atoms with E-state index in [-0.39, 0.29) is 25.4 Å². The number of hydrogen-bond acceptors (Lipinski definition) is 6. The molecule has 0 unspecified atom stereocenters. The van der Waals surface area contributed by atoms with Crippen molar-refractivity contribution in [2.45, 2.75) is 38.1 Å². The molecule has 4 rings (SSSR count). The predicted molar refractivity (Wildman–Crippen MR) is 156 cm³/mol. The van der Waals surface area contributed by atoms with Gasteiger partial charge in [-0.25, -0.2) is 4.79 Å². The van der Waals surface area contributed by atoms with Crippen LogP contribution in [-0.4, -0.2) is 48.9 Å². The molecule has 0 aromatic heterocycles. The number of nitrogens with one attached hydrogen (secondary N) is 1. The molecule has 1 saturated heterocycles. The Bertz CT molecular complexity index is 1280. The highest BCUT2D eigenvalue weighted by Crippen LogP contribution is 2.39. The van der Waals surface area contributed by atoms with E-state index in [9.17, 15) is 9.90 Å². The Balaban J connectivity index is 1.53. The number of benzene rings is 3. The van der Waals surface area contributed by atoms with Crippen LogP contribution in [0.4, 0.5) is 4.79 Å². The fourth-order valence-corrected chi connectivity index (χ4v) is 4.76. The number of ether oxygens (including phenoxy) is 3. The molecule has 0 saturated carbocycles. The number of aliphatic hydroxyl groups is 1. The normalized spacial score (nSPS) is 18.7. The Morgan fingerprint density at radius 2 is 1.75 bits per heavy atom. The van der Waals surface area contributed by atoms with Gasteiger partial charge in [0.25, 0.3) is 0 Å². The number of hydrogen-bond donors (Lipinski definition) is 2. The first-order valence-electron chi connectivity index (χ1n) is 13.5. The van der Waals surface area contributed by atoms with Crippen molar-refractivity contribution in [2.24, 2.45) is 0 Å². The minimum Gasteiger partial charge on any atom is -0.445 e. The van der Waals surface area contributed by atoms with Gasteiger partial charge in [0.1, 0.15) is 6.61 Å². The molecule has 1 amide bonds. The summed E-state index contributed by atoms with van der Waals surface area (Å²) in [5, 5.41) is 12.2. The maximum Gasteiger partial charge on any atom is 0.407 e. The Morgan fingerprint density at radius 1 is 1.00 bits per heavy atom. The third kappa shape index (κ3) is 8.13. The van der Waals surface area contributed by atoms with E-state index in [1.165, 1.54) is 6.08 Å².